The third kappa shape index (κ3) is 3.03. The van der Waals surface area contributed by atoms with Crippen LogP contribution in [0.4, 0.5) is 4.39 Å². The quantitative estimate of drug-likeness (QED) is 0.898. The lowest BCUT2D eigenvalue weighted by molar-refractivity contribution is 0.407. The van der Waals surface area contributed by atoms with E-state index in [0.29, 0.717) is 11.3 Å². The van der Waals surface area contributed by atoms with Crippen molar-refractivity contribution in [3.8, 4) is 5.88 Å². The van der Waals surface area contributed by atoms with Crippen molar-refractivity contribution in [2.75, 3.05) is 0 Å². The first-order valence-corrected chi connectivity index (χ1v) is 6.77. The van der Waals surface area contributed by atoms with Crippen LogP contribution >= 0.6 is 0 Å². The van der Waals surface area contributed by atoms with Crippen molar-refractivity contribution >= 4 is 12.3 Å². The average molecular weight is 313 g/mol. The van der Waals surface area contributed by atoms with Gasteiger partial charge in [-0.25, -0.2) is 9.18 Å². The molecular weight excluding hydrogens is 301 g/mol. The molecule has 0 unspecified atom stereocenters. The number of aromatic nitrogens is 2. The monoisotopic (exact) mass is 313 g/mol. The Kier molecular flexibility index (Phi) is 3.76. The Morgan fingerprint density at radius 2 is 2.00 bits per heavy atom. The Labute approximate surface area is 129 Å². The number of hydrogen-bond acceptors (Lipinski definition) is 4. The van der Waals surface area contributed by atoms with E-state index < -0.39 is 22.9 Å². The van der Waals surface area contributed by atoms with Crippen molar-refractivity contribution in [1.82, 2.24) is 9.55 Å². The average Bonchev–Trinajstić information content (AvgIpc) is 3.03. The van der Waals surface area contributed by atoms with Gasteiger partial charge in [0.1, 0.15) is 11.4 Å². The summed E-state index contributed by atoms with van der Waals surface area (Å²) in [6, 6.07) is 5.50. The molecule has 7 heteroatoms. The summed E-state index contributed by atoms with van der Waals surface area (Å²) in [7, 11) is 0. The molecule has 116 valence electrons. The normalized spacial score (nSPS) is 14.7. The second-order valence-electron chi connectivity index (χ2n) is 4.92. The Bertz CT molecular complexity index is 936. The second kappa shape index (κ2) is 5.88. The molecule has 1 aliphatic rings. The first kappa shape index (κ1) is 14.7. The first-order valence-electron chi connectivity index (χ1n) is 6.77. The topological polar surface area (TPSA) is 87.5 Å². The molecule has 6 nitrogen and oxygen atoms in total. The van der Waals surface area contributed by atoms with E-state index >= 15 is 0 Å². The van der Waals surface area contributed by atoms with E-state index in [-0.39, 0.29) is 12.1 Å². The predicted molar refractivity (Wildman–Crippen MR) is 84.1 cm³/mol. The fourth-order valence-electron chi connectivity index (χ4n) is 2.17. The number of hydrogen-bond donors (Lipinski definition) is 2. The van der Waals surface area contributed by atoms with Gasteiger partial charge in [-0.3, -0.25) is 19.3 Å². The maximum Gasteiger partial charge on any atom is 0.331 e. The van der Waals surface area contributed by atoms with Crippen molar-refractivity contribution in [2.45, 2.75) is 6.54 Å². The van der Waals surface area contributed by atoms with Crippen LogP contribution in [0.2, 0.25) is 0 Å². The highest BCUT2D eigenvalue weighted by molar-refractivity contribution is 5.79. The number of allylic oxidation sites excluding steroid dienone is 2. The summed E-state index contributed by atoms with van der Waals surface area (Å²) in [5.41, 5.74) is -0.424. The van der Waals surface area contributed by atoms with Crippen LogP contribution in [-0.4, -0.2) is 20.9 Å². The molecule has 0 atom stereocenters. The third-order valence-corrected chi connectivity index (χ3v) is 3.33. The van der Waals surface area contributed by atoms with Gasteiger partial charge in [0.2, 0.25) is 5.88 Å². The van der Waals surface area contributed by atoms with Gasteiger partial charge in [0.05, 0.1) is 12.2 Å². The van der Waals surface area contributed by atoms with Gasteiger partial charge in [0.25, 0.3) is 5.56 Å². The zero-order valence-electron chi connectivity index (χ0n) is 11.9. The van der Waals surface area contributed by atoms with E-state index in [0.717, 1.165) is 4.57 Å². The summed E-state index contributed by atoms with van der Waals surface area (Å²) in [6.07, 6.45) is 6.28. The number of benzene rings is 1. The zero-order valence-corrected chi connectivity index (χ0v) is 11.9. The molecule has 0 bridgehead atoms. The molecular formula is C16H12FN3O3. The summed E-state index contributed by atoms with van der Waals surface area (Å²) in [5.74, 6) is -0.867. The van der Waals surface area contributed by atoms with Crippen molar-refractivity contribution < 1.29 is 9.50 Å². The SMILES string of the molecule is O=c1[nH]c(=O)n(Cc2ccc(F)cc2)c(O)c1/C=C1/C=CC=N1. The number of nitrogens with zero attached hydrogens (tertiary/aromatic N) is 2. The van der Waals surface area contributed by atoms with E-state index in [9.17, 15) is 19.1 Å². The van der Waals surface area contributed by atoms with Gasteiger partial charge in [0, 0.05) is 6.21 Å². The highest BCUT2D eigenvalue weighted by atomic mass is 19.1. The van der Waals surface area contributed by atoms with Gasteiger partial charge >= 0.3 is 5.69 Å². The van der Waals surface area contributed by atoms with Crippen molar-refractivity contribution in [3.05, 3.63) is 79.9 Å². The van der Waals surface area contributed by atoms with Crippen molar-refractivity contribution in [2.24, 2.45) is 4.99 Å². The van der Waals surface area contributed by atoms with Gasteiger partial charge in [-0.1, -0.05) is 12.1 Å². The summed E-state index contributed by atoms with van der Waals surface area (Å²) < 4.78 is 13.9. The van der Waals surface area contributed by atoms with Crippen molar-refractivity contribution in [1.29, 1.82) is 0 Å². The third-order valence-electron chi connectivity index (χ3n) is 3.33. The number of H-pyrrole nitrogens is 1. The van der Waals surface area contributed by atoms with E-state index in [4.69, 9.17) is 0 Å². The highest BCUT2D eigenvalue weighted by Gasteiger charge is 2.13. The van der Waals surface area contributed by atoms with E-state index in [2.05, 4.69) is 9.98 Å². The van der Waals surface area contributed by atoms with Gasteiger partial charge in [-0.05, 0) is 35.9 Å². The molecule has 0 saturated carbocycles. The molecule has 0 aliphatic carbocycles. The molecule has 2 N–H and O–H groups in total. The molecule has 0 saturated heterocycles. The maximum atomic E-state index is 12.9. The zero-order chi connectivity index (χ0) is 16.4. The van der Waals surface area contributed by atoms with Gasteiger partial charge in [-0.2, -0.15) is 0 Å². The van der Waals surface area contributed by atoms with Crippen molar-refractivity contribution in [3.63, 3.8) is 0 Å². The maximum absolute atomic E-state index is 12.9. The Morgan fingerprint density at radius 1 is 1.26 bits per heavy atom. The van der Waals surface area contributed by atoms with E-state index in [1.54, 1.807) is 18.4 Å². The van der Waals surface area contributed by atoms with Crippen LogP contribution in [0.5, 0.6) is 5.88 Å². The molecule has 0 radical (unpaired) electrons. The van der Waals surface area contributed by atoms with Crippen LogP contribution in [0, 0.1) is 5.82 Å². The van der Waals surface area contributed by atoms with Crippen LogP contribution < -0.4 is 11.2 Å². The molecule has 2 heterocycles. The summed E-state index contributed by atoms with van der Waals surface area (Å²) in [4.78, 5) is 30.0. The minimum absolute atomic E-state index is 0.00297. The fourth-order valence-corrected chi connectivity index (χ4v) is 2.17. The van der Waals surface area contributed by atoms with Gasteiger partial charge in [0.15, 0.2) is 0 Å². The minimum atomic E-state index is -0.746. The smallest absolute Gasteiger partial charge is 0.331 e. The highest BCUT2D eigenvalue weighted by Crippen LogP contribution is 2.17. The molecule has 3 rings (SSSR count). The standard InChI is InChI=1S/C16H12FN3O3/c17-11-5-3-10(4-6-11)9-20-15(22)13(14(21)19-16(20)23)8-12-2-1-7-18-12/h1-8,22H,9H2,(H,19,21,23)/b12-8-. The lowest BCUT2D eigenvalue weighted by Gasteiger charge is -2.10. The number of halogens is 1. The van der Waals surface area contributed by atoms with E-state index in [1.807, 2.05) is 0 Å². The molecule has 1 aromatic heterocycles. The molecule has 2 aromatic rings. The molecule has 0 spiro atoms. The molecule has 1 aliphatic heterocycles. The fraction of sp³-hybridized carbons (Fsp3) is 0.0625. The first-order chi connectivity index (χ1) is 11.0. The van der Waals surface area contributed by atoms with Crippen LogP contribution in [0.3, 0.4) is 0 Å². The van der Waals surface area contributed by atoms with E-state index in [1.165, 1.54) is 30.3 Å². The lowest BCUT2D eigenvalue weighted by atomic mass is 10.2. The summed E-state index contributed by atoms with van der Waals surface area (Å²) >= 11 is 0. The summed E-state index contributed by atoms with van der Waals surface area (Å²) in [6.45, 7) is -0.00297. The largest absolute Gasteiger partial charge is 0.494 e. The minimum Gasteiger partial charge on any atom is -0.494 e. The number of aromatic amines is 1. The predicted octanol–water partition coefficient (Wildman–Crippen LogP) is 1.41. The number of aromatic hydroxyl groups is 1. The number of aliphatic imine (C=N–C) groups is 1. The van der Waals surface area contributed by atoms with Gasteiger partial charge < -0.3 is 5.11 Å². The van der Waals surface area contributed by atoms with Gasteiger partial charge in [-0.15, -0.1) is 0 Å². The molecule has 0 fully saturated rings. The Morgan fingerprint density at radius 3 is 2.65 bits per heavy atom. The van der Waals surface area contributed by atoms with Crippen LogP contribution in [0.1, 0.15) is 11.1 Å². The molecule has 1 aromatic carbocycles. The second-order valence-corrected chi connectivity index (χ2v) is 4.92. The summed E-state index contributed by atoms with van der Waals surface area (Å²) in [5, 5.41) is 10.3. The molecule has 23 heavy (non-hydrogen) atoms. The van der Waals surface area contributed by atoms with Crippen LogP contribution in [0.15, 0.2) is 56.7 Å². The number of nitrogens with one attached hydrogen (secondary N) is 1. The van der Waals surface area contributed by atoms with Crippen LogP contribution in [-0.2, 0) is 6.54 Å². The van der Waals surface area contributed by atoms with Crippen LogP contribution in [0.25, 0.3) is 6.08 Å². The lowest BCUT2D eigenvalue weighted by Crippen LogP contribution is -2.31. The number of rotatable bonds is 3. The molecule has 0 amide bonds. The Balaban J connectivity index is 2.07. The Hall–Kier alpha value is -3.22.